The van der Waals surface area contributed by atoms with Crippen molar-refractivity contribution in [3.05, 3.63) is 59.7 Å². The molecule has 0 aromatic heterocycles. The predicted molar refractivity (Wildman–Crippen MR) is 126 cm³/mol. The third-order valence-corrected chi connectivity index (χ3v) is 6.19. The molecular weight excluding hydrogens is 420 g/mol. The number of nitrogens with zero attached hydrogens (tertiary/aromatic N) is 1. The fourth-order valence-electron chi connectivity index (χ4n) is 4.31. The summed E-state index contributed by atoms with van der Waals surface area (Å²) < 4.78 is 5.56. The number of nitrogens with one attached hydrogen (secondary N) is 1. The third-order valence-electron chi connectivity index (χ3n) is 6.19. The molecule has 33 heavy (non-hydrogen) atoms. The Hall–Kier alpha value is -3.35. The maximum atomic E-state index is 12.8. The SMILES string of the molecule is CC(C)C(CNC(=O)OCC1c2ccccc2-c2ccccc21)C(=O)N(C)CCCC(=O)O. The summed E-state index contributed by atoms with van der Waals surface area (Å²) in [4.78, 5) is 37.5. The lowest BCUT2D eigenvalue weighted by molar-refractivity contribution is -0.139. The average Bonchev–Trinajstić information content (AvgIpc) is 3.11. The lowest BCUT2D eigenvalue weighted by Crippen LogP contribution is -2.42. The Labute approximate surface area is 194 Å². The van der Waals surface area contributed by atoms with E-state index in [0.29, 0.717) is 13.0 Å². The Balaban J connectivity index is 1.55. The molecule has 0 saturated heterocycles. The zero-order chi connectivity index (χ0) is 24.0. The summed E-state index contributed by atoms with van der Waals surface area (Å²) >= 11 is 0. The Morgan fingerprint density at radius 1 is 1.03 bits per heavy atom. The summed E-state index contributed by atoms with van der Waals surface area (Å²) in [6.45, 7) is 4.59. The smallest absolute Gasteiger partial charge is 0.407 e. The van der Waals surface area contributed by atoms with Crippen molar-refractivity contribution in [2.45, 2.75) is 32.6 Å². The zero-order valence-corrected chi connectivity index (χ0v) is 19.4. The van der Waals surface area contributed by atoms with E-state index in [4.69, 9.17) is 9.84 Å². The number of carbonyl (C=O) groups excluding carboxylic acids is 2. The monoisotopic (exact) mass is 452 g/mol. The van der Waals surface area contributed by atoms with E-state index in [0.717, 1.165) is 11.1 Å². The second-order valence-corrected chi connectivity index (χ2v) is 8.81. The van der Waals surface area contributed by atoms with Crippen molar-refractivity contribution in [2.75, 3.05) is 26.7 Å². The van der Waals surface area contributed by atoms with Crippen LogP contribution in [0.1, 0.15) is 43.7 Å². The topological polar surface area (TPSA) is 95.9 Å². The predicted octanol–water partition coefficient (Wildman–Crippen LogP) is 4.12. The highest BCUT2D eigenvalue weighted by Gasteiger charge is 2.30. The number of hydrogen-bond acceptors (Lipinski definition) is 4. The molecule has 7 nitrogen and oxygen atoms in total. The molecule has 0 spiro atoms. The molecule has 1 aliphatic rings. The lowest BCUT2D eigenvalue weighted by Gasteiger charge is -2.26. The summed E-state index contributed by atoms with van der Waals surface area (Å²) in [5, 5.41) is 11.5. The van der Waals surface area contributed by atoms with Gasteiger partial charge in [0.15, 0.2) is 0 Å². The van der Waals surface area contributed by atoms with E-state index in [2.05, 4.69) is 29.6 Å². The minimum atomic E-state index is -0.881. The molecule has 2 N–H and O–H groups in total. The van der Waals surface area contributed by atoms with Gasteiger partial charge >= 0.3 is 12.1 Å². The van der Waals surface area contributed by atoms with E-state index in [-0.39, 0.29) is 37.3 Å². The van der Waals surface area contributed by atoms with Crippen LogP contribution in [0.15, 0.2) is 48.5 Å². The summed E-state index contributed by atoms with van der Waals surface area (Å²) in [6.07, 6.45) is -0.145. The number of carbonyl (C=O) groups is 3. The molecule has 7 heteroatoms. The van der Waals surface area contributed by atoms with Crippen molar-refractivity contribution in [1.82, 2.24) is 10.2 Å². The normalized spacial score (nSPS) is 13.2. The summed E-state index contributed by atoms with van der Waals surface area (Å²) in [5.74, 6) is -1.43. The highest BCUT2D eigenvalue weighted by Crippen LogP contribution is 2.44. The number of hydrogen-bond donors (Lipinski definition) is 2. The quantitative estimate of drug-likeness (QED) is 0.565. The first-order chi connectivity index (χ1) is 15.8. The average molecular weight is 453 g/mol. The molecule has 0 aliphatic heterocycles. The van der Waals surface area contributed by atoms with Crippen LogP contribution in [-0.4, -0.2) is 54.7 Å². The molecule has 0 radical (unpaired) electrons. The number of alkyl carbamates (subject to hydrolysis) is 1. The van der Waals surface area contributed by atoms with E-state index < -0.39 is 18.0 Å². The van der Waals surface area contributed by atoms with Gasteiger partial charge in [-0.05, 0) is 34.6 Å². The lowest BCUT2D eigenvalue weighted by atomic mass is 9.94. The van der Waals surface area contributed by atoms with Crippen molar-refractivity contribution in [3.63, 3.8) is 0 Å². The van der Waals surface area contributed by atoms with Crippen molar-refractivity contribution < 1.29 is 24.2 Å². The van der Waals surface area contributed by atoms with Gasteiger partial charge in [-0.3, -0.25) is 9.59 Å². The fraction of sp³-hybridized carbons (Fsp3) is 0.423. The van der Waals surface area contributed by atoms with Gasteiger partial charge < -0.3 is 20.1 Å². The maximum absolute atomic E-state index is 12.8. The van der Waals surface area contributed by atoms with Gasteiger partial charge in [-0.25, -0.2) is 4.79 Å². The number of ether oxygens (including phenoxy) is 1. The number of fused-ring (bicyclic) bond motifs is 3. The molecule has 1 aliphatic carbocycles. The van der Waals surface area contributed by atoms with Crippen LogP contribution >= 0.6 is 0 Å². The molecule has 2 aromatic rings. The molecule has 176 valence electrons. The van der Waals surface area contributed by atoms with Crippen LogP contribution < -0.4 is 5.32 Å². The summed E-state index contributed by atoms with van der Waals surface area (Å²) in [6, 6.07) is 16.3. The van der Waals surface area contributed by atoms with Crippen LogP contribution in [0.3, 0.4) is 0 Å². The first-order valence-electron chi connectivity index (χ1n) is 11.3. The van der Waals surface area contributed by atoms with Crippen LogP contribution in [-0.2, 0) is 14.3 Å². The van der Waals surface area contributed by atoms with Gasteiger partial charge in [0, 0.05) is 32.5 Å². The van der Waals surface area contributed by atoms with E-state index in [1.54, 1.807) is 7.05 Å². The minimum absolute atomic E-state index is 0.00769. The molecule has 1 atom stereocenters. The number of aliphatic carboxylic acids is 1. The Bertz CT molecular complexity index is 958. The Kier molecular flexibility index (Phi) is 8.09. The van der Waals surface area contributed by atoms with Gasteiger partial charge in [-0.1, -0.05) is 62.4 Å². The molecule has 1 unspecified atom stereocenters. The van der Waals surface area contributed by atoms with Crippen molar-refractivity contribution in [1.29, 1.82) is 0 Å². The van der Waals surface area contributed by atoms with Gasteiger partial charge in [0.25, 0.3) is 0 Å². The highest BCUT2D eigenvalue weighted by molar-refractivity contribution is 5.80. The number of carboxylic acids is 1. The van der Waals surface area contributed by atoms with Crippen LogP contribution in [0.25, 0.3) is 11.1 Å². The van der Waals surface area contributed by atoms with E-state index >= 15 is 0 Å². The number of rotatable bonds is 10. The Morgan fingerprint density at radius 3 is 2.15 bits per heavy atom. The number of amides is 2. The van der Waals surface area contributed by atoms with Crippen LogP contribution in [0, 0.1) is 11.8 Å². The van der Waals surface area contributed by atoms with Gasteiger partial charge in [0.2, 0.25) is 5.91 Å². The molecule has 0 bridgehead atoms. The van der Waals surface area contributed by atoms with Crippen molar-refractivity contribution in [2.24, 2.45) is 11.8 Å². The molecule has 0 fully saturated rings. The maximum Gasteiger partial charge on any atom is 0.407 e. The van der Waals surface area contributed by atoms with Gasteiger partial charge in [0.1, 0.15) is 6.61 Å². The summed E-state index contributed by atoms with van der Waals surface area (Å²) in [7, 11) is 1.66. The second-order valence-electron chi connectivity index (χ2n) is 8.81. The van der Waals surface area contributed by atoms with Crippen molar-refractivity contribution >= 4 is 18.0 Å². The van der Waals surface area contributed by atoms with Crippen LogP contribution in [0.5, 0.6) is 0 Å². The van der Waals surface area contributed by atoms with E-state index in [1.807, 2.05) is 38.1 Å². The molecule has 2 amide bonds. The molecule has 0 saturated carbocycles. The summed E-state index contributed by atoms with van der Waals surface area (Å²) in [5.41, 5.74) is 4.62. The first kappa shape index (κ1) is 24.3. The Morgan fingerprint density at radius 2 is 1.61 bits per heavy atom. The molecule has 0 heterocycles. The molecule has 3 rings (SSSR count). The third kappa shape index (κ3) is 5.92. The highest BCUT2D eigenvalue weighted by atomic mass is 16.5. The van der Waals surface area contributed by atoms with Crippen LogP contribution in [0.4, 0.5) is 4.79 Å². The van der Waals surface area contributed by atoms with Gasteiger partial charge in [0.05, 0.1) is 5.92 Å². The zero-order valence-electron chi connectivity index (χ0n) is 19.4. The largest absolute Gasteiger partial charge is 0.481 e. The van der Waals surface area contributed by atoms with Gasteiger partial charge in [-0.2, -0.15) is 0 Å². The number of benzene rings is 2. The van der Waals surface area contributed by atoms with E-state index in [1.165, 1.54) is 16.0 Å². The fourth-order valence-corrected chi connectivity index (χ4v) is 4.31. The number of carboxylic acid groups (broad SMARTS) is 1. The minimum Gasteiger partial charge on any atom is -0.481 e. The molecular formula is C26H32N2O5. The standard InChI is InChI=1S/C26H32N2O5/c1-17(2)22(25(31)28(3)14-8-13-24(29)30)15-27-26(32)33-16-23-20-11-6-4-9-18(20)19-10-5-7-12-21(19)23/h4-7,9-12,17,22-23H,8,13-16H2,1-3H3,(H,27,32)(H,29,30). The van der Waals surface area contributed by atoms with Crippen molar-refractivity contribution in [3.8, 4) is 11.1 Å². The van der Waals surface area contributed by atoms with E-state index in [9.17, 15) is 14.4 Å². The van der Waals surface area contributed by atoms with Crippen LogP contribution in [0.2, 0.25) is 0 Å². The second kappa shape index (κ2) is 11.0. The molecule has 2 aromatic carbocycles. The first-order valence-corrected chi connectivity index (χ1v) is 11.3. The van der Waals surface area contributed by atoms with Gasteiger partial charge in [-0.15, -0.1) is 0 Å².